The van der Waals surface area contributed by atoms with Crippen LogP contribution in [0.1, 0.15) is 46.3 Å². The molecule has 2 saturated heterocycles. The van der Waals surface area contributed by atoms with Crippen LogP contribution in [-0.4, -0.2) is 64.5 Å². The first-order chi connectivity index (χ1) is 15.6. The number of ether oxygens (including phenoxy) is 3. The molecule has 186 valence electrons. The van der Waals surface area contributed by atoms with E-state index in [2.05, 4.69) is 17.0 Å². The van der Waals surface area contributed by atoms with Crippen molar-refractivity contribution >= 4 is 19.5 Å². The van der Waals surface area contributed by atoms with Gasteiger partial charge in [0.1, 0.15) is 29.7 Å². The molecule has 1 aromatic rings. The number of carbonyl (C=O) groups is 1. The Morgan fingerprint density at radius 2 is 2.27 bits per heavy atom. The van der Waals surface area contributed by atoms with Gasteiger partial charge in [0.2, 0.25) is 0 Å². The number of anilines is 1. The third kappa shape index (κ3) is 5.99. The number of nitrogens with one attached hydrogen (secondary N) is 1. The molecule has 1 aromatic heterocycles. The summed E-state index contributed by atoms with van der Waals surface area (Å²) < 4.78 is 41.1. The maximum Gasteiger partial charge on any atom is 0.406 e. The van der Waals surface area contributed by atoms with E-state index in [1.165, 1.54) is 26.1 Å². The van der Waals surface area contributed by atoms with Crippen LogP contribution in [-0.2, 0) is 32.6 Å². The molecule has 33 heavy (non-hydrogen) atoms. The molecule has 0 aromatic carbocycles. The largest absolute Gasteiger partial charge is 0.437 e. The van der Waals surface area contributed by atoms with Crippen LogP contribution in [0.2, 0.25) is 0 Å². The Morgan fingerprint density at radius 3 is 2.97 bits per heavy atom. The number of nitrogens with zero attached hydrogens (tertiary/aromatic N) is 2. The number of fused-ring (bicyclic) bond motifs is 1. The van der Waals surface area contributed by atoms with Crippen LogP contribution < -0.4 is 16.5 Å². The first-order valence-electron chi connectivity index (χ1n) is 10.7. The number of rotatable bonds is 10. The second-order valence-corrected chi connectivity index (χ2v) is 9.88. The van der Waals surface area contributed by atoms with Crippen molar-refractivity contribution in [1.82, 2.24) is 14.6 Å². The standard InChI is InChI=1S/C19H31N4O9P/c1-4-5-6-9-28-11-29-16(24)12(2)22-33(27)30-10-13-15(32-33)19(3,26)17(31-13)23-8-7-14(20)21-18(23)25/h7-8,12-13,15,17,26H,4-6,9-11H2,1-3H3,(H,22,27)(H2,20,21,25)/t12-,13+,15+,17+,19+,33?/m0/s1. The van der Waals surface area contributed by atoms with Gasteiger partial charge in [-0.3, -0.25) is 18.4 Å². The third-order valence-electron chi connectivity index (χ3n) is 5.36. The average Bonchev–Trinajstić information content (AvgIpc) is 3.00. The average molecular weight is 490 g/mol. The van der Waals surface area contributed by atoms with E-state index in [9.17, 15) is 19.3 Å². The highest BCUT2D eigenvalue weighted by Crippen LogP contribution is 2.55. The Labute approximate surface area is 191 Å². The van der Waals surface area contributed by atoms with E-state index in [-0.39, 0.29) is 19.2 Å². The first kappa shape index (κ1) is 25.8. The molecule has 0 bridgehead atoms. The van der Waals surface area contributed by atoms with Crippen LogP contribution in [0.5, 0.6) is 0 Å². The Hall–Kier alpha value is -1.86. The molecule has 1 unspecified atom stereocenters. The fourth-order valence-electron chi connectivity index (χ4n) is 3.59. The summed E-state index contributed by atoms with van der Waals surface area (Å²) in [5.41, 5.74) is 3.01. The molecule has 0 saturated carbocycles. The predicted octanol–water partition coefficient (Wildman–Crippen LogP) is 0.683. The molecular formula is C19H31N4O9P. The third-order valence-corrected chi connectivity index (χ3v) is 7.06. The predicted molar refractivity (Wildman–Crippen MR) is 115 cm³/mol. The van der Waals surface area contributed by atoms with Gasteiger partial charge in [0.05, 0.1) is 13.2 Å². The number of esters is 1. The lowest BCUT2D eigenvalue weighted by atomic mass is 9.96. The molecule has 6 atom stereocenters. The van der Waals surface area contributed by atoms with Crippen molar-refractivity contribution in [3.05, 3.63) is 22.7 Å². The van der Waals surface area contributed by atoms with E-state index in [1.807, 2.05) is 0 Å². The maximum absolute atomic E-state index is 13.1. The number of carbonyl (C=O) groups excluding carboxylic acids is 1. The van der Waals surface area contributed by atoms with E-state index in [1.54, 1.807) is 0 Å². The molecule has 14 heteroatoms. The van der Waals surface area contributed by atoms with E-state index < -0.39 is 49.5 Å². The fourth-order valence-corrected chi connectivity index (χ4v) is 5.36. The molecule has 0 spiro atoms. The Bertz CT molecular complexity index is 940. The zero-order valence-electron chi connectivity index (χ0n) is 18.8. The van der Waals surface area contributed by atoms with Crippen molar-refractivity contribution in [3.8, 4) is 0 Å². The van der Waals surface area contributed by atoms with Gasteiger partial charge in [-0.05, 0) is 26.3 Å². The van der Waals surface area contributed by atoms with Gasteiger partial charge in [-0.2, -0.15) is 4.98 Å². The summed E-state index contributed by atoms with van der Waals surface area (Å²) in [6.45, 7) is 4.93. The zero-order valence-corrected chi connectivity index (χ0v) is 19.7. The van der Waals surface area contributed by atoms with Gasteiger partial charge in [-0.1, -0.05) is 19.8 Å². The minimum absolute atomic E-state index is 0.0202. The van der Waals surface area contributed by atoms with Crippen LogP contribution in [0, 0.1) is 0 Å². The zero-order chi connectivity index (χ0) is 24.2. The van der Waals surface area contributed by atoms with Gasteiger partial charge in [-0.25, -0.2) is 14.4 Å². The summed E-state index contributed by atoms with van der Waals surface area (Å²) in [5.74, 6) is -0.686. The van der Waals surface area contributed by atoms with Gasteiger partial charge in [0.15, 0.2) is 13.0 Å². The van der Waals surface area contributed by atoms with E-state index in [0.717, 1.165) is 23.8 Å². The van der Waals surface area contributed by atoms with Crippen molar-refractivity contribution in [3.63, 3.8) is 0 Å². The molecular weight excluding hydrogens is 459 g/mol. The summed E-state index contributed by atoms with van der Waals surface area (Å²) in [5, 5.41) is 13.6. The SMILES string of the molecule is CCCCCOCOC(=O)[C@H](C)NP1(=O)OC[C@H]2O[C@@H](n3ccc(N)nc3=O)[C@](C)(O)[C@@H]2O1. The van der Waals surface area contributed by atoms with Gasteiger partial charge >= 0.3 is 19.4 Å². The first-order valence-corrected chi connectivity index (χ1v) is 12.3. The lowest BCUT2D eigenvalue weighted by molar-refractivity contribution is -0.158. The van der Waals surface area contributed by atoms with Gasteiger partial charge in [0.25, 0.3) is 0 Å². The van der Waals surface area contributed by atoms with Gasteiger partial charge in [-0.15, -0.1) is 0 Å². The summed E-state index contributed by atoms with van der Waals surface area (Å²) in [6, 6.07) is 0.339. The molecule has 2 aliphatic heterocycles. The smallest absolute Gasteiger partial charge is 0.406 e. The molecule has 2 aliphatic rings. The number of hydrogen-bond acceptors (Lipinski definition) is 11. The van der Waals surface area contributed by atoms with Crippen molar-refractivity contribution in [2.24, 2.45) is 0 Å². The number of unbranched alkanes of at least 4 members (excludes halogenated alkanes) is 2. The highest BCUT2D eigenvalue weighted by molar-refractivity contribution is 7.51. The van der Waals surface area contributed by atoms with Gasteiger partial charge in [0, 0.05) is 6.20 Å². The lowest BCUT2D eigenvalue weighted by Crippen LogP contribution is -2.50. The molecule has 3 rings (SSSR count). The molecule has 0 aliphatic carbocycles. The van der Waals surface area contributed by atoms with Crippen LogP contribution in [0.25, 0.3) is 0 Å². The normalized spacial score (nSPS) is 32.3. The second-order valence-electron chi connectivity index (χ2n) is 8.16. The highest BCUT2D eigenvalue weighted by atomic mass is 31.2. The molecule has 0 radical (unpaired) electrons. The number of nitrogen functional groups attached to an aromatic ring is 1. The topological polar surface area (TPSA) is 173 Å². The number of hydrogen-bond donors (Lipinski definition) is 3. The Kier molecular flexibility index (Phi) is 8.27. The number of aliphatic hydroxyl groups is 1. The van der Waals surface area contributed by atoms with Crippen LogP contribution in [0.3, 0.4) is 0 Å². The lowest BCUT2D eigenvalue weighted by Gasteiger charge is -2.36. The second kappa shape index (κ2) is 10.6. The Morgan fingerprint density at radius 1 is 1.52 bits per heavy atom. The van der Waals surface area contributed by atoms with Crippen molar-refractivity contribution in [2.75, 3.05) is 25.7 Å². The van der Waals surface area contributed by atoms with E-state index >= 15 is 0 Å². The molecule has 3 heterocycles. The van der Waals surface area contributed by atoms with Crippen molar-refractivity contribution in [1.29, 1.82) is 0 Å². The minimum Gasteiger partial charge on any atom is -0.437 e. The minimum atomic E-state index is -4.02. The molecule has 0 amide bonds. The quantitative estimate of drug-likeness (QED) is 0.181. The summed E-state index contributed by atoms with van der Waals surface area (Å²) in [7, 11) is -4.02. The van der Waals surface area contributed by atoms with Crippen LogP contribution in [0.15, 0.2) is 17.1 Å². The maximum atomic E-state index is 13.1. The van der Waals surface area contributed by atoms with Gasteiger partial charge < -0.3 is 25.1 Å². The van der Waals surface area contributed by atoms with Crippen molar-refractivity contribution < 1.29 is 37.7 Å². The summed E-state index contributed by atoms with van der Waals surface area (Å²) in [4.78, 5) is 28.0. The molecule has 13 nitrogen and oxygen atoms in total. The van der Waals surface area contributed by atoms with E-state index in [4.69, 9.17) is 29.0 Å². The Balaban J connectivity index is 1.60. The monoisotopic (exact) mass is 490 g/mol. The molecule has 2 fully saturated rings. The number of aromatic nitrogens is 2. The number of nitrogens with two attached hydrogens (primary N) is 1. The van der Waals surface area contributed by atoms with Crippen LogP contribution in [0.4, 0.5) is 5.82 Å². The van der Waals surface area contributed by atoms with E-state index in [0.29, 0.717) is 6.61 Å². The fraction of sp³-hybridized carbons (Fsp3) is 0.737. The van der Waals surface area contributed by atoms with Crippen LogP contribution >= 0.6 is 7.75 Å². The summed E-state index contributed by atoms with van der Waals surface area (Å²) >= 11 is 0. The van der Waals surface area contributed by atoms with Crippen molar-refractivity contribution in [2.45, 2.75) is 70.1 Å². The molecule has 4 N–H and O–H groups in total. The summed E-state index contributed by atoms with van der Waals surface area (Å²) in [6.07, 6.45) is 1.14. The highest BCUT2D eigenvalue weighted by Gasteiger charge is 2.60.